The SMILES string of the molecule is CCn1c(S[C@@H](C)C(=O)c2cccc(Cl)c2)nnc1-c1ccc(OC)cc1. The summed E-state index contributed by atoms with van der Waals surface area (Å²) in [5.74, 6) is 1.57. The molecule has 0 fully saturated rings. The molecule has 1 atom stereocenters. The Hall–Kier alpha value is -2.31. The maximum Gasteiger partial charge on any atom is 0.192 e. The van der Waals surface area contributed by atoms with Gasteiger partial charge in [0.25, 0.3) is 0 Å². The van der Waals surface area contributed by atoms with E-state index in [0.29, 0.717) is 22.3 Å². The monoisotopic (exact) mass is 401 g/mol. The van der Waals surface area contributed by atoms with Crippen LogP contribution in [0.3, 0.4) is 0 Å². The summed E-state index contributed by atoms with van der Waals surface area (Å²) in [5, 5.41) is 9.60. The molecule has 0 aliphatic carbocycles. The van der Waals surface area contributed by atoms with E-state index in [-0.39, 0.29) is 11.0 Å². The molecule has 5 nitrogen and oxygen atoms in total. The number of aromatic nitrogens is 3. The molecule has 0 radical (unpaired) electrons. The van der Waals surface area contributed by atoms with Crippen LogP contribution in [0.4, 0.5) is 0 Å². The fourth-order valence-corrected chi connectivity index (χ4v) is 3.88. The van der Waals surface area contributed by atoms with Gasteiger partial charge >= 0.3 is 0 Å². The van der Waals surface area contributed by atoms with E-state index in [4.69, 9.17) is 16.3 Å². The van der Waals surface area contributed by atoms with Crippen molar-refractivity contribution in [2.75, 3.05) is 7.11 Å². The summed E-state index contributed by atoms with van der Waals surface area (Å²) in [6, 6.07) is 14.7. The summed E-state index contributed by atoms with van der Waals surface area (Å²) in [6.45, 7) is 4.61. The highest BCUT2D eigenvalue weighted by Gasteiger charge is 2.21. The van der Waals surface area contributed by atoms with Crippen LogP contribution in [0.1, 0.15) is 24.2 Å². The predicted molar refractivity (Wildman–Crippen MR) is 109 cm³/mol. The molecule has 0 aliphatic rings. The van der Waals surface area contributed by atoms with Crippen molar-refractivity contribution < 1.29 is 9.53 Å². The van der Waals surface area contributed by atoms with Crippen LogP contribution in [0.25, 0.3) is 11.4 Å². The van der Waals surface area contributed by atoms with Gasteiger partial charge in [-0.05, 0) is 50.2 Å². The summed E-state index contributed by atoms with van der Waals surface area (Å²) in [6.07, 6.45) is 0. The van der Waals surface area contributed by atoms with Gasteiger partial charge in [0.1, 0.15) is 5.75 Å². The first-order chi connectivity index (χ1) is 13.0. The molecular formula is C20H20ClN3O2S. The summed E-state index contributed by atoms with van der Waals surface area (Å²) in [5.41, 5.74) is 1.55. The molecule has 0 saturated heterocycles. The number of ether oxygens (including phenoxy) is 1. The molecular weight excluding hydrogens is 382 g/mol. The van der Waals surface area contributed by atoms with E-state index in [1.54, 1.807) is 31.4 Å². The molecule has 1 heterocycles. The Morgan fingerprint density at radius 1 is 1.22 bits per heavy atom. The number of carbonyl (C=O) groups excluding carboxylic acids is 1. The lowest BCUT2D eigenvalue weighted by molar-refractivity contribution is 0.0994. The lowest BCUT2D eigenvalue weighted by atomic mass is 10.1. The summed E-state index contributed by atoms with van der Waals surface area (Å²) < 4.78 is 7.21. The minimum Gasteiger partial charge on any atom is -0.497 e. The maximum absolute atomic E-state index is 12.7. The van der Waals surface area contributed by atoms with Crippen molar-refractivity contribution in [1.82, 2.24) is 14.8 Å². The Balaban J connectivity index is 1.82. The van der Waals surface area contributed by atoms with Gasteiger partial charge in [0.15, 0.2) is 16.8 Å². The van der Waals surface area contributed by atoms with Gasteiger partial charge in [-0.25, -0.2) is 0 Å². The van der Waals surface area contributed by atoms with Gasteiger partial charge in [-0.2, -0.15) is 0 Å². The van der Waals surface area contributed by atoms with E-state index in [2.05, 4.69) is 10.2 Å². The van der Waals surface area contributed by atoms with E-state index < -0.39 is 0 Å². The van der Waals surface area contributed by atoms with Crippen molar-refractivity contribution >= 4 is 29.1 Å². The molecule has 3 rings (SSSR count). The molecule has 0 N–H and O–H groups in total. The van der Waals surface area contributed by atoms with Gasteiger partial charge in [-0.1, -0.05) is 35.5 Å². The molecule has 0 saturated carbocycles. The van der Waals surface area contributed by atoms with Crippen molar-refractivity contribution in [3.05, 3.63) is 59.1 Å². The zero-order valence-corrected chi connectivity index (χ0v) is 16.9. The van der Waals surface area contributed by atoms with E-state index in [1.165, 1.54) is 11.8 Å². The largest absolute Gasteiger partial charge is 0.497 e. The highest BCUT2D eigenvalue weighted by Crippen LogP contribution is 2.29. The molecule has 140 valence electrons. The number of Topliss-reactive ketones (excluding diaryl/α,β-unsaturated/α-hetero) is 1. The standard InChI is InChI=1S/C20H20ClN3O2S/c1-4-24-19(14-8-10-17(26-3)11-9-14)22-23-20(24)27-13(2)18(25)15-6-5-7-16(21)12-15/h5-13H,4H2,1-3H3/t13-/m0/s1. The average molecular weight is 402 g/mol. The Bertz CT molecular complexity index is 941. The van der Waals surface area contributed by atoms with Crippen LogP contribution in [-0.2, 0) is 6.54 Å². The molecule has 0 spiro atoms. The quantitative estimate of drug-likeness (QED) is 0.412. The van der Waals surface area contributed by atoms with E-state index in [1.807, 2.05) is 42.7 Å². The Morgan fingerprint density at radius 3 is 2.59 bits per heavy atom. The van der Waals surface area contributed by atoms with Gasteiger partial charge in [0.05, 0.1) is 12.4 Å². The number of rotatable bonds is 7. The first-order valence-corrected chi connectivity index (χ1v) is 9.83. The Kier molecular flexibility index (Phi) is 6.19. The predicted octanol–water partition coefficient (Wildman–Crippen LogP) is 4.99. The molecule has 27 heavy (non-hydrogen) atoms. The third-order valence-electron chi connectivity index (χ3n) is 4.14. The number of hydrogen-bond donors (Lipinski definition) is 0. The Morgan fingerprint density at radius 2 is 1.96 bits per heavy atom. The van der Waals surface area contributed by atoms with Crippen molar-refractivity contribution in [3.8, 4) is 17.1 Å². The second-order valence-electron chi connectivity index (χ2n) is 5.91. The number of thioether (sulfide) groups is 1. The first-order valence-electron chi connectivity index (χ1n) is 8.57. The normalized spacial score (nSPS) is 12.0. The molecule has 0 bridgehead atoms. The number of carbonyl (C=O) groups is 1. The fraction of sp³-hybridized carbons (Fsp3) is 0.250. The molecule has 0 aliphatic heterocycles. The van der Waals surface area contributed by atoms with Gasteiger partial charge in [-0.15, -0.1) is 10.2 Å². The molecule has 7 heteroatoms. The third-order valence-corrected chi connectivity index (χ3v) is 5.46. The average Bonchev–Trinajstić information content (AvgIpc) is 3.09. The second kappa shape index (κ2) is 8.59. The lowest BCUT2D eigenvalue weighted by Crippen LogP contribution is -2.14. The number of halogens is 1. The minimum absolute atomic E-state index is 0.0131. The van der Waals surface area contributed by atoms with Crippen LogP contribution in [0.5, 0.6) is 5.75 Å². The van der Waals surface area contributed by atoms with Crippen molar-refractivity contribution in [1.29, 1.82) is 0 Å². The maximum atomic E-state index is 12.7. The molecule has 1 aromatic heterocycles. The van der Waals surface area contributed by atoms with Crippen LogP contribution >= 0.6 is 23.4 Å². The van der Waals surface area contributed by atoms with Crippen molar-refractivity contribution in [3.63, 3.8) is 0 Å². The Labute approximate surface area is 167 Å². The third kappa shape index (κ3) is 4.34. The van der Waals surface area contributed by atoms with E-state index >= 15 is 0 Å². The number of methoxy groups -OCH3 is 1. The van der Waals surface area contributed by atoms with Crippen LogP contribution in [0.2, 0.25) is 5.02 Å². The van der Waals surface area contributed by atoms with E-state index in [0.717, 1.165) is 17.1 Å². The zero-order valence-electron chi connectivity index (χ0n) is 15.3. The molecule has 0 unspecified atom stereocenters. The molecule has 3 aromatic rings. The van der Waals surface area contributed by atoms with E-state index in [9.17, 15) is 4.79 Å². The second-order valence-corrected chi connectivity index (χ2v) is 7.66. The zero-order chi connectivity index (χ0) is 19.4. The number of ketones is 1. The molecule has 0 amide bonds. The van der Waals surface area contributed by atoms with Crippen LogP contribution < -0.4 is 4.74 Å². The summed E-state index contributed by atoms with van der Waals surface area (Å²) in [4.78, 5) is 12.7. The topological polar surface area (TPSA) is 57.0 Å². The van der Waals surface area contributed by atoms with Crippen molar-refractivity contribution in [2.45, 2.75) is 30.8 Å². The first kappa shape index (κ1) is 19.5. The fourth-order valence-electron chi connectivity index (χ4n) is 2.70. The van der Waals surface area contributed by atoms with Gasteiger partial charge in [0.2, 0.25) is 0 Å². The number of nitrogens with zero attached hydrogens (tertiary/aromatic N) is 3. The lowest BCUT2D eigenvalue weighted by Gasteiger charge is -2.12. The van der Waals surface area contributed by atoms with Crippen molar-refractivity contribution in [2.24, 2.45) is 0 Å². The smallest absolute Gasteiger partial charge is 0.192 e. The summed E-state index contributed by atoms with van der Waals surface area (Å²) >= 11 is 7.40. The van der Waals surface area contributed by atoms with Gasteiger partial charge < -0.3 is 9.30 Å². The highest BCUT2D eigenvalue weighted by atomic mass is 35.5. The number of benzene rings is 2. The van der Waals surface area contributed by atoms with Crippen LogP contribution in [-0.4, -0.2) is 32.9 Å². The minimum atomic E-state index is -0.304. The summed E-state index contributed by atoms with van der Waals surface area (Å²) in [7, 11) is 1.64. The van der Waals surface area contributed by atoms with Gasteiger partial charge in [0, 0.05) is 22.7 Å². The van der Waals surface area contributed by atoms with Crippen LogP contribution in [0.15, 0.2) is 53.7 Å². The molecule has 2 aromatic carbocycles. The van der Waals surface area contributed by atoms with Gasteiger partial charge in [-0.3, -0.25) is 4.79 Å². The highest BCUT2D eigenvalue weighted by molar-refractivity contribution is 8.00. The number of hydrogen-bond acceptors (Lipinski definition) is 5. The van der Waals surface area contributed by atoms with Crippen LogP contribution in [0, 0.1) is 0 Å².